The number of ketones is 1. The summed E-state index contributed by atoms with van der Waals surface area (Å²) in [6.45, 7) is 2.25. The van der Waals surface area contributed by atoms with E-state index in [-0.39, 0.29) is 0 Å². The monoisotopic (exact) mass is 236 g/mol. The lowest BCUT2D eigenvalue weighted by Gasteiger charge is -2.04. The Hall–Kier alpha value is -0.330. The molecule has 0 bridgehead atoms. The fourth-order valence-corrected chi connectivity index (χ4v) is 3.72. The summed E-state index contributed by atoms with van der Waals surface area (Å²) >= 11 is 0. The molecule has 0 saturated heterocycles. The van der Waals surface area contributed by atoms with Crippen LogP contribution in [0.4, 0.5) is 0 Å². The van der Waals surface area contributed by atoms with Gasteiger partial charge >= 0.3 is 0 Å². The third-order valence-electron chi connectivity index (χ3n) is 4.81. The Morgan fingerprint density at radius 2 is 1.53 bits per heavy atom. The van der Waals surface area contributed by atoms with E-state index in [0.717, 1.165) is 24.7 Å². The van der Waals surface area contributed by atoms with Crippen molar-refractivity contribution in [2.45, 2.75) is 77.6 Å². The molecular weight excluding hydrogens is 208 g/mol. The molecule has 98 valence electrons. The number of rotatable bonds is 8. The Morgan fingerprint density at radius 3 is 2.18 bits per heavy atom. The summed E-state index contributed by atoms with van der Waals surface area (Å²) in [5.41, 5.74) is 0. The second kappa shape index (κ2) is 6.56. The highest BCUT2D eigenvalue weighted by Gasteiger charge is 2.53. The minimum absolute atomic E-state index is 0.508. The zero-order valence-electron chi connectivity index (χ0n) is 11.4. The van der Waals surface area contributed by atoms with Gasteiger partial charge in [0.1, 0.15) is 5.78 Å². The third kappa shape index (κ3) is 3.56. The highest BCUT2D eigenvalue weighted by molar-refractivity contribution is 5.84. The topological polar surface area (TPSA) is 17.1 Å². The van der Waals surface area contributed by atoms with Crippen molar-refractivity contribution in [1.82, 2.24) is 0 Å². The van der Waals surface area contributed by atoms with Gasteiger partial charge in [-0.25, -0.2) is 0 Å². The van der Waals surface area contributed by atoms with Crippen molar-refractivity contribution >= 4 is 5.78 Å². The fraction of sp³-hybridized carbons (Fsp3) is 0.938. The van der Waals surface area contributed by atoms with Crippen LogP contribution in [0.25, 0.3) is 0 Å². The molecular formula is C16H28O. The largest absolute Gasteiger partial charge is 0.299 e. The SMILES string of the molecule is CCCCCCCCC(=O)C1C2CCCCC21. The Morgan fingerprint density at radius 1 is 0.941 bits per heavy atom. The normalized spacial score (nSPS) is 31.0. The van der Waals surface area contributed by atoms with E-state index in [1.54, 1.807) is 0 Å². The highest BCUT2D eigenvalue weighted by Crippen LogP contribution is 2.56. The lowest BCUT2D eigenvalue weighted by Crippen LogP contribution is -2.03. The highest BCUT2D eigenvalue weighted by atomic mass is 16.1. The van der Waals surface area contributed by atoms with Crippen molar-refractivity contribution in [1.29, 1.82) is 0 Å². The zero-order valence-corrected chi connectivity index (χ0v) is 11.4. The van der Waals surface area contributed by atoms with Crippen molar-refractivity contribution in [3.05, 3.63) is 0 Å². The molecule has 0 aromatic heterocycles. The summed E-state index contributed by atoms with van der Waals surface area (Å²) in [6, 6.07) is 0. The second-order valence-electron chi connectivity index (χ2n) is 6.12. The predicted molar refractivity (Wildman–Crippen MR) is 71.9 cm³/mol. The molecule has 2 unspecified atom stereocenters. The van der Waals surface area contributed by atoms with E-state index < -0.39 is 0 Å². The van der Waals surface area contributed by atoms with Crippen LogP contribution in [0.3, 0.4) is 0 Å². The van der Waals surface area contributed by atoms with Gasteiger partial charge in [0.25, 0.3) is 0 Å². The lowest BCUT2D eigenvalue weighted by atomic mass is 10.0. The molecule has 0 spiro atoms. The molecule has 2 atom stereocenters. The van der Waals surface area contributed by atoms with Gasteiger partial charge in [0.2, 0.25) is 0 Å². The summed E-state index contributed by atoms with van der Waals surface area (Å²) < 4.78 is 0. The number of carbonyl (C=O) groups is 1. The number of unbranched alkanes of at least 4 members (excludes halogenated alkanes) is 5. The zero-order chi connectivity index (χ0) is 12.1. The van der Waals surface area contributed by atoms with Gasteiger partial charge in [0.05, 0.1) is 0 Å². The number of hydrogen-bond acceptors (Lipinski definition) is 1. The molecule has 0 aromatic carbocycles. The van der Waals surface area contributed by atoms with Crippen LogP contribution in [0.15, 0.2) is 0 Å². The van der Waals surface area contributed by atoms with Gasteiger partial charge in [-0.15, -0.1) is 0 Å². The average molecular weight is 236 g/mol. The van der Waals surface area contributed by atoms with Crippen molar-refractivity contribution in [2.24, 2.45) is 17.8 Å². The number of fused-ring (bicyclic) bond motifs is 1. The Balaban J connectivity index is 1.53. The molecule has 17 heavy (non-hydrogen) atoms. The number of Topliss-reactive ketones (excluding diaryl/α,β-unsaturated/α-hetero) is 1. The van der Waals surface area contributed by atoms with Crippen molar-refractivity contribution < 1.29 is 4.79 Å². The van der Waals surface area contributed by atoms with Crippen molar-refractivity contribution in [2.75, 3.05) is 0 Å². The van der Waals surface area contributed by atoms with E-state index in [1.807, 2.05) is 0 Å². The molecule has 0 aliphatic heterocycles. The number of carbonyl (C=O) groups excluding carboxylic acids is 1. The van der Waals surface area contributed by atoms with Gasteiger partial charge in [-0.2, -0.15) is 0 Å². The summed E-state index contributed by atoms with van der Waals surface area (Å²) in [7, 11) is 0. The third-order valence-corrected chi connectivity index (χ3v) is 4.81. The molecule has 2 aliphatic carbocycles. The van der Waals surface area contributed by atoms with Gasteiger partial charge in [0.15, 0.2) is 0 Å². The van der Waals surface area contributed by atoms with E-state index in [4.69, 9.17) is 0 Å². The van der Waals surface area contributed by atoms with Crippen LogP contribution >= 0.6 is 0 Å². The first-order valence-corrected chi connectivity index (χ1v) is 7.87. The fourth-order valence-electron chi connectivity index (χ4n) is 3.72. The molecule has 2 rings (SSSR count). The van der Waals surface area contributed by atoms with Crippen LogP contribution in [-0.2, 0) is 4.79 Å². The molecule has 1 heteroatoms. The maximum absolute atomic E-state index is 12.1. The van der Waals surface area contributed by atoms with Crippen LogP contribution in [0.5, 0.6) is 0 Å². The van der Waals surface area contributed by atoms with Crippen molar-refractivity contribution in [3.63, 3.8) is 0 Å². The standard InChI is InChI=1S/C16H28O/c1-2-3-4-5-6-7-12-15(17)16-13-10-8-9-11-14(13)16/h13-14,16H,2-12H2,1H3. The van der Waals surface area contributed by atoms with Gasteiger partial charge < -0.3 is 0 Å². The maximum Gasteiger partial charge on any atom is 0.136 e. The first-order chi connectivity index (χ1) is 8.34. The van der Waals surface area contributed by atoms with E-state index in [2.05, 4.69) is 6.92 Å². The van der Waals surface area contributed by atoms with Crippen LogP contribution in [0.1, 0.15) is 77.6 Å². The lowest BCUT2D eigenvalue weighted by molar-refractivity contribution is -0.120. The second-order valence-corrected chi connectivity index (χ2v) is 6.12. The molecule has 0 aromatic rings. The first kappa shape index (κ1) is 13.1. The Labute approximate surface area is 106 Å². The molecule has 0 heterocycles. The molecule has 0 amide bonds. The summed E-state index contributed by atoms with van der Waals surface area (Å²) in [6.07, 6.45) is 14.1. The molecule has 2 aliphatic rings. The average Bonchev–Trinajstić information content (AvgIpc) is 3.07. The molecule has 2 fully saturated rings. The van der Waals surface area contributed by atoms with Crippen LogP contribution in [-0.4, -0.2) is 5.78 Å². The molecule has 0 N–H and O–H groups in total. The minimum Gasteiger partial charge on any atom is -0.299 e. The summed E-state index contributed by atoms with van der Waals surface area (Å²) in [5.74, 6) is 2.75. The van der Waals surface area contributed by atoms with E-state index in [1.165, 1.54) is 57.8 Å². The minimum atomic E-state index is 0.508. The van der Waals surface area contributed by atoms with Gasteiger partial charge in [-0.05, 0) is 31.1 Å². The first-order valence-electron chi connectivity index (χ1n) is 7.87. The van der Waals surface area contributed by atoms with Crippen molar-refractivity contribution in [3.8, 4) is 0 Å². The predicted octanol–water partition coefficient (Wildman–Crippen LogP) is 4.74. The van der Waals surface area contributed by atoms with Crippen LogP contribution in [0.2, 0.25) is 0 Å². The number of hydrogen-bond donors (Lipinski definition) is 0. The Bertz CT molecular complexity index is 234. The van der Waals surface area contributed by atoms with Crippen LogP contribution < -0.4 is 0 Å². The smallest absolute Gasteiger partial charge is 0.136 e. The molecule has 1 nitrogen and oxygen atoms in total. The van der Waals surface area contributed by atoms with Crippen LogP contribution in [0, 0.1) is 17.8 Å². The van der Waals surface area contributed by atoms with E-state index in [9.17, 15) is 4.79 Å². The maximum atomic E-state index is 12.1. The van der Waals surface area contributed by atoms with Gasteiger partial charge in [-0.1, -0.05) is 51.9 Å². The van der Waals surface area contributed by atoms with Gasteiger partial charge in [0, 0.05) is 12.3 Å². The van der Waals surface area contributed by atoms with Gasteiger partial charge in [-0.3, -0.25) is 4.79 Å². The quantitative estimate of drug-likeness (QED) is 0.556. The summed E-state index contributed by atoms with van der Waals surface area (Å²) in [5, 5.41) is 0. The molecule has 0 radical (unpaired) electrons. The van der Waals surface area contributed by atoms with E-state index in [0.29, 0.717) is 11.7 Å². The summed E-state index contributed by atoms with van der Waals surface area (Å²) in [4.78, 5) is 12.1. The van der Waals surface area contributed by atoms with E-state index >= 15 is 0 Å². The molecule has 2 saturated carbocycles. The Kier molecular flexibility index (Phi) is 5.06.